The van der Waals surface area contributed by atoms with Crippen molar-refractivity contribution in [2.45, 2.75) is 64.8 Å². The van der Waals surface area contributed by atoms with Gasteiger partial charge in [-0.15, -0.1) is 10.2 Å². The van der Waals surface area contributed by atoms with E-state index in [9.17, 15) is 4.79 Å². The summed E-state index contributed by atoms with van der Waals surface area (Å²) in [5.74, 6) is 0. The van der Waals surface area contributed by atoms with E-state index in [1.807, 2.05) is 13.8 Å². The maximum absolute atomic E-state index is 12.0. The number of aliphatic hydroxyl groups is 1. The van der Waals surface area contributed by atoms with Gasteiger partial charge in [-0.3, -0.25) is 5.32 Å². The van der Waals surface area contributed by atoms with Gasteiger partial charge in [0.15, 0.2) is 0 Å². The van der Waals surface area contributed by atoms with E-state index in [2.05, 4.69) is 27.8 Å². The van der Waals surface area contributed by atoms with Gasteiger partial charge < -0.3 is 10.4 Å². The molecule has 0 radical (unpaired) electrons. The Morgan fingerprint density at radius 2 is 2.10 bits per heavy atom. The van der Waals surface area contributed by atoms with Crippen LogP contribution in [-0.2, 0) is 6.42 Å². The molecule has 7 heteroatoms. The van der Waals surface area contributed by atoms with Crippen LogP contribution in [0.1, 0.15) is 57.9 Å². The van der Waals surface area contributed by atoms with E-state index >= 15 is 0 Å². The molecule has 0 saturated heterocycles. The number of aliphatic hydroxyl groups excluding tert-OH is 1. The lowest BCUT2D eigenvalue weighted by atomic mass is 9.95. The molecule has 0 aliphatic heterocycles. The van der Waals surface area contributed by atoms with E-state index in [4.69, 9.17) is 5.11 Å². The molecule has 0 spiro atoms. The van der Waals surface area contributed by atoms with Gasteiger partial charge in [-0.25, -0.2) is 4.79 Å². The SMILES string of the molecule is CCCCCc1nnc(NC(=O)NC(C)(CC)CCO)s1. The number of rotatable bonds is 9. The molecule has 0 aromatic carbocycles. The van der Waals surface area contributed by atoms with Gasteiger partial charge in [0.25, 0.3) is 0 Å². The van der Waals surface area contributed by atoms with Crippen LogP contribution in [-0.4, -0.2) is 33.5 Å². The average Bonchev–Trinajstić information content (AvgIpc) is 2.86. The van der Waals surface area contributed by atoms with Crippen LogP contribution in [0.25, 0.3) is 0 Å². The summed E-state index contributed by atoms with van der Waals surface area (Å²) < 4.78 is 0. The highest BCUT2D eigenvalue weighted by molar-refractivity contribution is 7.15. The number of anilines is 1. The lowest BCUT2D eigenvalue weighted by Gasteiger charge is -2.28. The van der Waals surface area contributed by atoms with Crippen LogP contribution in [0.4, 0.5) is 9.93 Å². The highest BCUT2D eigenvalue weighted by atomic mass is 32.1. The molecule has 0 aliphatic carbocycles. The van der Waals surface area contributed by atoms with Gasteiger partial charge in [0.2, 0.25) is 5.13 Å². The summed E-state index contributed by atoms with van der Waals surface area (Å²) in [6, 6.07) is -0.302. The number of nitrogens with one attached hydrogen (secondary N) is 2. The number of carbonyl (C=O) groups excluding carboxylic acids is 1. The number of nitrogens with zero attached hydrogens (tertiary/aromatic N) is 2. The van der Waals surface area contributed by atoms with E-state index in [-0.39, 0.29) is 12.6 Å². The molecule has 3 N–H and O–H groups in total. The predicted octanol–water partition coefficient (Wildman–Crippen LogP) is 2.94. The summed E-state index contributed by atoms with van der Waals surface area (Å²) in [4.78, 5) is 12.0. The number of hydrogen-bond acceptors (Lipinski definition) is 5. The van der Waals surface area contributed by atoms with E-state index < -0.39 is 5.54 Å². The first-order valence-electron chi connectivity index (χ1n) is 7.55. The zero-order valence-corrected chi connectivity index (χ0v) is 13.9. The summed E-state index contributed by atoms with van der Waals surface area (Å²) in [6.45, 7) is 6.10. The minimum atomic E-state index is -0.409. The molecule has 21 heavy (non-hydrogen) atoms. The number of unbranched alkanes of at least 4 members (excludes halogenated alkanes) is 2. The van der Waals surface area contributed by atoms with Crippen LogP contribution in [0, 0.1) is 0 Å². The summed E-state index contributed by atoms with van der Waals surface area (Å²) in [6.07, 6.45) is 5.63. The van der Waals surface area contributed by atoms with Crippen LogP contribution < -0.4 is 10.6 Å². The van der Waals surface area contributed by atoms with Crippen molar-refractivity contribution in [1.29, 1.82) is 0 Å². The van der Waals surface area contributed by atoms with Crippen LogP contribution >= 0.6 is 11.3 Å². The quantitative estimate of drug-likeness (QED) is 0.612. The molecule has 0 saturated carbocycles. The lowest BCUT2D eigenvalue weighted by molar-refractivity contribution is 0.208. The molecule has 0 bridgehead atoms. The Morgan fingerprint density at radius 1 is 1.33 bits per heavy atom. The van der Waals surface area contributed by atoms with Gasteiger partial charge in [0, 0.05) is 18.6 Å². The van der Waals surface area contributed by atoms with E-state index in [1.54, 1.807) is 0 Å². The topological polar surface area (TPSA) is 87.1 Å². The largest absolute Gasteiger partial charge is 0.396 e. The van der Waals surface area contributed by atoms with E-state index in [0.717, 1.165) is 24.3 Å². The van der Waals surface area contributed by atoms with Gasteiger partial charge in [0.05, 0.1) is 0 Å². The number of aromatic nitrogens is 2. The van der Waals surface area contributed by atoms with Crippen molar-refractivity contribution in [3.63, 3.8) is 0 Å². The van der Waals surface area contributed by atoms with Gasteiger partial charge in [-0.2, -0.15) is 0 Å². The summed E-state index contributed by atoms with van der Waals surface area (Å²) in [5, 5.41) is 24.2. The second-order valence-corrected chi connectivity index (χ2v) is 6.49. The fourth-order valence-electron chi connectivity index (χ4n) is 1.91. The fraction of sp³-hybridized carbons (Fsp3) is 0.786. The summed E-state index contributed by atoms with van der Waals surface area (Å²) >= 11 is 1.42. The van der Waals surface area contributed by atoms with Crippen molar-refractivity contribution in [2.24, 2.45) is 0 Å². The molecule has 0 aliphatic rings. The van der Waals surface area contributed by atoms with Crippen LogP contribution in [0.2, 0.25) is 0 Å². The van der Waals surface area contributed by atoms with Gasteiger partial charge in [0.1, 0.15) is 5.01 Å². The second kappa shape index (κ2) is 8.94. The minimum absolute atomic E-state index is 0.0466. The third kappa shape index (κ3) is 6.39. The third-order valence-corrected chi connectivity index (χ3v) is 4.44. The first-order chi connectivity index (χ1) is 10.0. The zero-order chi connectivity index (χ0) is 15.7. The Morgan fingerprint density at radius 3 is 2.71 bits per heavy atom. The normalized spacial score (nSPS) is 13.7. The molecule has 0 fully saturated rings. The summed E-state index contributed by atoms with van der Waals surface area (Å²) in [7, 11) is 0. The number of carbonyl (C=O) groups is 1. The summed E-state index contributed by atoms with van der Waals surface area (Å²) in [5.41, 5.74) is -0.409. The Labute approximate surface area is 130 Å². The fourth-order valence-corrected chi connectivity index (χ4v) is 2.68. The highest BCUT2D eigenvalue weighted by Gasteiger charge is 2.24. The van der Waals surface area contributed by atoms with Crippen molar-refractivity contribution < 1.29 is 9.90 Å². The van der Waals surface area contributed by atoms with E-state index in [0.29, 0.717) is 11.6 Å². The molecule has 1 heterocycles. The molecule has 1 aromatic heterocycles. The zero-order valence-electron chi connectivity index (χ0n) is 13.1. The molecule has 120 valence electrons. The number of urea groups is 1. The Balaban J connectivity index is 2.47. The molecular weight excluding hydrogens is 288 g/mol. The molecule has 1 unspecified atom stereocenters. The number of amides is 2. The van der Waals surface area contributed by atoms with Crippen molar-refractivity contribution in [3.05, 3.63) is 5.01 Å². The molecule has 6 nitrogen and oxygen atoms in total. The molecule has 2 amide bonds. The smallest absolute Gasteiger partial charge is 0.321 e. The molecular formula is C14H26N4O2S. The minimum Gasteiger partial charge on any atom is -0.396 e. The van der Waals surface area contributed by atoms with E-state index in [1.165, 1.54) is 24.2 Å². The highest BCUT2D eigenvalue weighted by Crippen LogP contribution is 2.18. The Hall–Kier alpha value is -1.21. The number of hydrogen-bond donors (Lipinski definition) is 3. The van der Waals surface area contributed by atoms with Gasteiger partial charge in [-0.05, 0) is 26.2 Å². The van der Waals surface area contributed by atoms with Crippen LogP contribution in [0.15, 0.2) is 0 Å². The van der Waals surface area contributed by atoms with Crippen LogP contribution in [0.3, 0.4) is 0 Å². The molecule has 1 rings (SSSR count). The first-order valence-corrected chi connectivity index (χ1v) is 8.37. The van der Waals surface area contributed by atoms with Crippen molar-refractivity contribution in [3.8, 4) is 0 Å². The monoisotopic (exact) mass is 314 g/mol. The maximum atomic E-state index is 12.0. The first kappa shape index (κ1) is 17.8. The molecule has 1 aromatic rings. The molecule has 1 atom stereocenters. The average molecular weight is 314 g/mol. The lowest BCUT2D eigenvalue weighted by Crippen LogP contribution is -2.48. The predicted molar refractivity (Wildman–Crippen MR) is 85.7 cm³/mol. The number of aryl methyl sites for hydroxylation is 1. The van der Waals surface area contributed by atoms with Crippen molar-refractivity contribution >= 4 is 22.5 Å². The second-order valence-electron chi connectivity index (χ2n) is 5.43. The Bertz CT molecular complexity index is 438. The maximum Gasteiger partial charge on any atom is 0.321 e. The third-order valence-electron chi connectivity index (χ3n) is 3.54. The standard InChI is InChI=1S/C14H26N4O2S/c1-4-6-7-8-11-17-18-13(21-11)15-12(20)16-14(3,5-2)9-10-19/h19H,4-10H2,1-3H3,(H2,15,16,18,20). The van der Waals surface area contributed by atoms with Gasteiger partial charge >= 0.3 is 6.03 Å². The van der Waals surface area contributed by atoms with Crippen molar-refractivity contribution in [2.75, 3.05) is 11.9 Å². The Kier molecular flexibility index (Phi) is 7.60. The van der Waals surface area contributed by atoms with Gasteiger partial charge in [-0.1, -0.05) is 38.0 Å². The van der Waals surface area contributed by atoms with Crippen molar-refractivity contribution in [1.82, 2.24) is 15.5 Å². The van der Waals surface area contributed by atoms with Crippen LogP contribution in [0.5, 0.6) is 0 Å².